The molecule has 5 rings (SSSR count). The summed E-state index contributed by atoms with van der Waals surface area (Å²) >= 11 is 0. The fraction of sp³-hybridized carbons (Fsp3) is 0.304. The van der Waals surface area contributed by atoms with E-state index in [9.17, 15) is 18.0 Å². The Balaban J connectivity index is 0.00000180. The first-order chi connectivity index (χ1) is 16.2. The van der Waals surface area contributed by atoms with Gasteiger partial charge in [-0.15, -0.1) is 35.0 Å². The average molecular weight is 542 g/mol. The number of nitrogens with zero attached hydrogens (tertiary/aromatic N) is 5. The van der Waals surface area contributed by atoms with Crippen LogP contribution < -0.4 is 11.1 Å². The average Bonchev–Trinajstić information content (AvgIpc) is 3.43. The predicted molar refractivity (Wildman–Crippen MR) is 135 cm³/mol. The van der Waals surface area contributed by atoms with Crippen LogP contribution in [-0.2, 0) is 0 Å². The van der Waals surface area contributed by atoms with Gasteiger partial charge in [0.05, 0.1) is 5.52 Å². The first kappa shape index (κ1) is 27.6. The van der Waals surface area contributed by atoms with Crippen LogP contribution in [0.3, 0.4) is 0 Å². The van der Waals surface area contributed by atoms with E-state index in [1.54, 1.807) is 31.3 Å². The number of rotatable bonds is 4. The standard InChI is InChI=1S/C23H22F3N7O.2ClH/c1-28-22(34)14-3-2-13-4-6-17(29-18(13)10-14)21-31-30-19-7-5-15(11-33(19)21)20(23(24,25)26)32-9-8-16(27)12-32;;/h2-7,10-11,16,20H,8-9,12,27H2,1H3,(H,28,34);2*1H/t16?,20-;;/m1../s1. The lowest BCUT2D eigenvalue weighted by atomic mass is 10.1. The Kier molecular flexibility index (Phi) is 8.09. The van der Waals surface area contributed by atoms with Crippen molar-refractivity contribution >= 4 is 47.3 Å². The summed E-state index contributed by atoms with van der Waals surface area (Å²) in [7, 11) is 1.54. The summed E-state index contributed by atoms with van der Waals surface area (Å²) in [5.41, 5.74) is 7.80. The van der Waals surface area contributed by atoms with Crippen LogP contribution in [0.1, 0.15) is 28.4 Å². The number of alkyl halides is 3. The second kappa shape index (κ2) is 10.6. The van der Waals surface area contributed by atoms with E-state index < -0.39 is 12.2 Å². The van der Waals surface area contributed by atoms with Gasteiger partial charge in [-0.25, -0.2) is 4.98 Å². The highest BCUT2D eigenvalue weighted by molar-refractivity contribution is 5.97. The van der Waals surface area contributed by atoms with Crippen molar-refractivity contribution in [2.24, 2.45) is 5.73 Å². The van der Waals surface area contributed by atoms with E-state index in [0.29, 0.717) is 34.7 Å². The van der Waals surface area contributed by atoms with Crippen molar-refractivity contribution in [1.82, 2.24) is 29.8 Å². The van der Waals surface area contributed by atoms with Crippen molar-refractivity contribution in [1.29, 1.82) is 0 Å². The largest absolute Gasteiger partial charge is 0.408 e. The van der Waals surface area contributed by atoms with Gasteiger partial charge in [0.1, 0.15) is 11.7 Å². The molecule has 1 fully saturated rings. The zero-order chi connectivity index (χ0) is 24.0. The maximum absolute atomic E-state index is 14.1. The van der Waals surface area contributed by atoms with Gasteiger partial charge in [-0.1, -0.05) is 18.2 Å². The number of nitrogens with one attached hydrogen (secondary N) is 1. The van der Waals surface area contributed by atoms with Gasteiger partial charge in [0.2, 0.25) is 0 Å². The van der Waals surface area contributed by atoms with E-state index in [2.05, 4.69) is 20.5 Å². The van der Waals surface area contributed by atoms with Crippen LogP contribution in [0.2, 0.25) is 0 Å². The monoisotopic (exact) mass is 541 g/mol. The number of amides is 1. The molecule has 0 saturated carbocycles. The summed E-state index contributed by atoms with van der Waals surface area (Å²) in [5.74, 6) is 0.0645. The van der Waals surface area contributed by atoms with Crippen molar-refractivity contribution in [2.45, 2.75) is 24.7 Å². The molecule has 1 amide bonds. The number of pyridine rings is 2. The Morgan fingerprint density at radius 1 is 1.14 bits per heavy atom. The quantitative estimate of drug-likeness (QED) is 0.407. The van der Waals surface area contributed by atoms with E-state index in [-0.39, 0.29) is 55.4 Å². The van der Waals surface area contributed by atoms with E-state index >= 15 is 0 Å². The number of likely N-dealkylation sites (tertiary alicyclic amines) is 1. The van der Waals surface area contributed by atoms with E-state index in [0.717, 1.165) is 5.39 Å². The van der Waals surface area contributed by atoms with Crippen molar-refractivity contribution in [3.63, 3.8) is 0 Å². The Morgan fingerprint density at radius 3 is 2.56 bits per heavy atom. The number of aromatic nitrogens is 4. The lowest BCUT2D eigenvalue weighted by Crippen LogP contribution is -2.38. The number of hydrogen-bond donors (Lipinski definition) is 2. The molecule has 1 aromatic carbocycles. The first-order valence-electron chi connectivity index (χ1n) is 10.8. The molecule has 1 unspecified atom stereocenters. The lowest BCUT2D eigenvalue weighted by Gasteiger charge is -2.30. The first-order valence-corrected chi connectivity index (χ1v) is 10.8. The molecular formula is C23H24Cl2F3N7O. The molecule has 8 nitrogen and oxygen atoms in total. The Labute approximate surface area is 216 Å². The van der Waals surface area contributed by atoms with Crippen LogP contribution in [0.25, 0.3) is 28.1 Å². The molecule has 3 aromatic heterocycles. The lowest BCUT2D eigenvalue weighted by molar-refractivity contribution is -0.183. The Bertz CT molecular complexity index is 1400. The molecule has 4 aromatic rings. The molecule has 1 saturated heterocycles. The summed E-state index contributed by atoms with van der Waals surface area (Å²) in [5, 5.41) is 11.7. The van der Waals surface area contributed by atoms with Gasteiger partial charge in [-0.3, -0.25) is 14.1 Å². The molecule has 1 aliphatic heterocycles. The van der Waals surface area contributed by atoms with Crippen molar-refractivity contribution in [2.75, 3.05) is 20.1 Å². The molecule has 0 bridgehead atoms. The molecule has 0 radical (unpaired) electrons. The van der Waals surface area contributed by atoms with Gasteiger partial charge in [0.25, 0.3) is 5.91 Å². The zero-order valence-electron chi connectivity index (χ0n) is 19.1. The number of benzene rings is 1. The number of fused-ring (bicyclic) bond motifs is 2. The molecule has 3 N–H and O–H groups in total. The molecular weight excluding hydrogens is 518 g/mol. The number of hydrogen-bond acceptors (Lipinski definition) is 6. The summed E-state index contributed by atoms with van der Waals surface area (Å²) in [4.78, 5) is 18.0. The third kappa shape index (κ3) is 5.10. The summed E-state index contributed by atoms with van der Waals surface area (Å²) in [6.45, 7) is 0.454. The van der Waals surface area contributed by atoms with E-state index in [4.69, 9.17) is 5.73 Å². The number of carbonyl (C=O) groups excluding carboxylic acids is 1. The van der Waals surface area contributed by atoms with Gasteiger partial charge >= 0.3 is 6.18 Å². The van der Waals surface area contributed by atoms with Gasteiger partial charge < -0.3 is 11.1 Å². The molecule has 36 heavy (non-hydrogen) atoms. The second-order valence-electron chi connectivity index (χ2n) is 8.39. The third-order valence-corrected chi connectivity index (χ3v) is 6.08. The SMILES string of the molecule is CNC(=O)c1ccc2ccc(-c3nnc4ccc([C@@H](N5CCC(N)C5)C(F)(F)F)cn34)nc2c1.Cl.Cl. The minimum absolute atomic E-state index is 0. The molecule has 4 heterocycles. The van der Waals surface area contributed by atoms with Gasteiger partial charge in [0, 0.05) is 43.3 Å². The van der Waals surface area contributed by atoms with E-state index in [1.165, 1.54) is 27.6 Å². The minimum atomic E-state index is -4.47. The zero-order valence-corrected chi connectivity index (χ0v) is 20.7. The van der Waals surface area contributed by atoms with Crippen LogP contribution in [0.5, 0.6) is 0 Å². The summed E-state index contributed by atoms with van der Waals surface area (Å²) < 4.78 is 43.7. The van der Waals surface area contributed by atoms with Gasteiger partial charge in [0.15, 0.2) is 11.5 Å². The minimum Gasteiger partial charge on any atom is -0.355 e. The predicted octanol–water partition coefficient (Wildman–Crippen LogP) is 3.78. The van der Waals surface area contributed by atoms with Crippen LogP contribution in [-0.4, -0.2) is 62.7 Å². The number of nitrogens with two attached hydrogens (primary N) is 1. The van der Waals surface area contributed by atoms with Crippen LogP contribution >= 0.6 is 24.8 Å². The maximum atomic E-state index is 14.1. The molecule has 13 heteroatoms. The molecule has 1 aliphatic rings. The highest BCUT2D eigenvalue weighted by Crippen LogP contribution is 2.39. The van der Waals surface area contributed by atoms with E-state index in [1.807, 2.05) is 6.07 Å². The van der Waals surface area contributed by atoms with Crippen LogP contribution in [0.15, 0.2) is 48.7 Å². The fourth-order valence-electron chi connectivity index (χ4n) is 4.43. The number of carbonyl (C=O) groups is 1. The van der Waals surface area contributed by atoms with Crippen LogP contribution in [0, 0.1) is 0 Å². The highest BCUT2D eigenvalue weighted by Gasteiger charge is 2.46. The number of halogens is 5. The van der Waals surface area contributed by atoms with Crippen molar-refractivity contribution in [3.05, 3.63) is 59.8 Å². The van der Waals surface area contributed by atoms with Crippen molar-refractivity contribution in [3.8, 4) is 11.5 Å². The van der Waals surface area contributed by atoms with Crippen LogP contribution in [0.4, 0.5) is 13.2 Å². The molecule has 0 spiro atoms. The highest BCUT2D eigenvalue weighted by atomic mass is 35.5. The molecule has 192 valence electrons. The van der Waals surface area contributed by atoms with Gasteiger partial charge in [-0.2, -0.15) is 13.2 Å². The Hall–Kier alpha value is -2.99. The fourth-order valence-corrected chi connectivity index (χ4v) is 4.43. The summed E-state index contributed by atoms with van der Waals surface area (Å²) in [6, 6.07) is 9.58. The second-order valence-corrected chi connectivity index (χ2v) is 8.39. The van der Waals surface area contributed by atoms with Crippen molar-refractivity contribution < 1.29 is 18.0 Å². The maximum Gasteiger partial charge on any atom is 0.408 e. The Morgan fingerprint density at radius 2 is 1.89 bits per heavy atom. The molecule has 2 atom stereocenters. The van der Waals surface area contributed by atoms with Gasteiger partial charge in [-0.05, 0) is 36.2 Å². The summed E-state index contributed by atoms with van der Waals surface area (Å²) in [6.07, 6.45) is -2.53. The normalized spacial score (nSPS) is 17.0. The topological polar surface area (TPSA) is 101 Å². The molecule has 0 aliphatic carbocycles. The third-order valence-electron chi connectivity index (χ3n) is 6.08. The smallest absolute Gasteiger partial charge is 0.355 e.